The first kappa shape index (κ1) is 18.1. The van der Waals surface area contributed by atoms with E-state index in [1.165, 1.54) is 12.4 Å². The van der Waals surface area contributed by atoms with Crippen molar-refractivity contribution in [2.45, 2.75) is 18.0 Å². The number of benzene rings is 2. The molecule has 28 heavy (non-hydrogen) atoms. The van der Waals surface area contributed by atoms with Gasteiger partial charge in [0.2, 0.25) is 10.0 Å². The van der Waals surface area contributed by atoms with Crippen LogP contribution in [0.4, 0.5) is 0 Å². The van der Waals surface area contributed by atoms with Gasteiger partial charge in [0.05, 0.1) is 24.6 Å². The molecule has 0 saturated carbocycles. The van der Waals surface area contributed by atoms with E-state index in [4.69, 9.17) is 0 Å². The van der Waals surface area contributed by atoms with Crippen LogP contribution >= 0.6 is 0 Å². The smallest absolute Gasteiger partial charge is 0.244 e. The molecule has 0 saturated heterocycles. The summed E-state index contributed by atoms with van der Waals surface area (Å²) in [6.45, 7) is 0.771. The number of aromatic nitrogens is 4. The molecule has 0 fully saturated rings. The van der Waals surface area contributed by atoms with E-state index in [1.54, 1.807) is 15.6 Å². The fourth-order valence-electron chi connectivity index (χ4n) is 2.88. The van der Waals surface area contributed by atoms with Crippen LogP contribution in [0.1, 0.15) is 11.1 Å². The molecule has 1 N–H and O–H groups in total. The first-order valence-electron chi connectivity index (χ1n) is 8.76. The first-order chi connectivity index (χ1) is 13.6. The molecule has 4 aromatic rings. The van der Waals surface area contributed by atoms with Gasteiger partial charge in [-0.15, -0.1) is 0 Å². The zero-order chi connectivity index (χ0) is 19.4. The molecule has 0 radical (unpaired) electrons. The molecular formula is C20H19N5O2S. The van der Waals surface area contributed by atoms with Gasteiger partial charge in [0.15, 0.2) is 0 Å². The van der Waals surface area contributed by atoms with Crippen molar-refractivity contribution in [2.24, 2.45) is 0 Å². The van der Waals surface area contributed by atoms with E-state index in [1.807, 2.05) is 66.9 Å². The lowest BCUT2D eigenvalue weighted by Gasteiger charge is -2.11. The van der Waals surface area contributed by atoms with Gasteiger partial charge in [0.25, 0.3) is 0 Å². The van der Waals surface area contributed by atoms with Crippen molar-refractivity contribution in [1.82, 2.24) is 24.3 Å². The Morgan fingerprint density at radius 1 is 0.893 bits per heavy atom. The van der Waals surface area contributed by atoms with E-state index < -0.39 is 10.0 Å². The Balaban J connectivity index is 1.50. The molecule has 0 spiro atoms. The lowest BCUT2D eigenvalue weighted by atomic mass is 10.1. The number of sulfonamides is 1. The Hall–Kier alpha value is -3.23. The van der Waals surface area contributed by atoms with Crippen LogP contribution in [0.2, 0.25) is 0 Å². The Labute approximate surface area is 163 Å². The maximum absolute atomic E-state index is 12.7. The van der Waals surface area contributed by atoms with Crippen molar-refractivity contribution >= 4 is 10.0 Å². The van der Waals surface area contributed by atoms with Crippen LogP contribution in [-0.4, -0.2) is 28.0 Å². The van der Waals surface area contributed by atoms with Crippen LogP contribution in [0.3, 0.4) is 0 Å². The summed E-state index contributed by atoms with van der Waals surface area (Å²) in [5.41, 5.74) is 2.71. The second-order valence-electron chi connectivity index (χ2n) is 6.25. The maximum Gasteiger partial charge on any atom is 0.244 e. The first-order valence-corrected chi connectivity index (χ1v) is 10.2. The van der Waals surface area contributed by atoms with E-state index in [0.29, 0.717) is 6.54 Å². The van der Waals surface area contributed by atoms with Crippen LogP contribution in [0.15, 0.2) is 90.3 Å². The molecule has 2 heterocycles. The summed E-state index contributed by atoms with van der Waals surface area (Å²) in [5.74, 6) is 0. The number of para-hydroxylation sites is 1. The predicted octanol–water partition coefficient (Wildman–Crippen LogP) is 2.60. The van der Waals surface area contributed by atoms with E-state index in [0.717, 1.165) is 16.8 Å². The molecule has 0 aliphatic heterocycles. The van der Waals surface area contributed by atoms with Gasteiger partial charge in [-0.05, 0) is 29.3 Å². The van der Waals surface area contributed by atoms with Crippen molar-refractivity contribution in [3.8, 4) is 5.69 Å². The summed E-state index contributed by atoms with van der Waals surface area (Å²) in [7, 11) is -3.68. The average Bonchev–Trinajstić information content (AvgIpc) is 3.41. The zero-order valence-corrected chi connectivity index (χ0v) is 15.8. The fraction of sp³-hybridized carbons (Fsp3) is 0.100. The van der Waals surface area contributed by atoms with Gasteiger partial charge in [-0.1, -0.05) is 42.5 Å². The predicted molar refractivity (Wildman–Crippen MR) is 105 cm³/mol. The molecule has 0 unspecified atom stereocenters. The lowest BCUT2D eigenvalue weighted by molar-refractivity contribution is 0.580. The molecule has 0 bridgehead atoms. The third-order valence-corrected chi connectivity index (χ3v) is 5.71. The molecule has 4 rings (SSSR count). The standard InChI is InChI=1S/C20H19N5O2S/c26-28(27,20-14-22-25(16-20)19-9-2-1-3-10-19)23-13-17-7-4-5-8-18(17)15-24-12-6-11-21-24/h1-12,14,16,23H,13,15H2. The summed E-state index contributed by atoms with van der Waals surface area (Å²) >= 11 is 0. The molecular weight excluding hydrogens is 374 g/mol. The van der Waals surface area contributed by atoms with Crippen molar-refractivity contribution in [3.63, 3.8) is 0 Å². The fourth-order valence-corrected chi connectivity index (χ4v) is 3.81. The third kappa shape index (κ3) is 4.03. The maximum atomic E-state index is 12.7. The normalized spacial score (nSPS) is 11.6. The molecule has 0 atom stereocenters. The molecule has 8 heteroatoms. The van der Waals surface area contributed by atoms with Crippen LogP contribution in [0, 0.1) is 0 Å². The third-order valence-electron chi connectivity index (χ3n) is 4.35. The molecule has 2 aromatic carbocycles. The number of hydrogen-bond donors (Lipinski definition) is 1. The minimum absolute atomic E-state index is 0.126. The summed E-state index contributed by atoms with van der Waals surface area (Å²) in [6.07, 6.45) is 6.45. The Morgan fingerprint density at radius 2 is 1.64 bits per heavy atom. The summed E-state index contributed by atoms with van der Waals surface area (Å²) < 4.78 is 31.4. The van der Waals surface area contributed by atoms with Gasteiger partial charge in [0.1, 0.15) is 4.90 Å². The minimum atomic E-state index is -3.68. The van der Waals surface area contributed by atoms with Crippen molar-refractivity contribution in [2.75, 3.05) is 0 Å². The number of nitrogens with zero attached hydrogens (tertiary/aromatic N) is 4. The number of rotatable bonds is 7. The van der Waals surface area contributed by atoms with E-state index in [2.05, 4.69) is 14.9 Å². The minimum Gasteiger partial charge on any atom is -0.268 e. The van der Waals surface area contributed by atoms with Crippen LogP contribution in [-0.2, 0) is 23.1 Å². The molecule has 7 nitrogen and oxygen atoms in total. The van der Waals surface area contributed by atoms with Gasteiger partial charge in [-0.25, -0.2) is 17.8 Å². The molecule has 0 amide bonds. The summed E-state index contributed by atoms with van der Waals surface area (Å²) in [5, 5.41) is 8.37. The monoisotopic (exact) mass is 393 g/mol. The molecule has 2 aromatic heterocycles. The molecule has 142 valence electrons. The van der Waals surface area contributed by atoms with Crippen LogP contribution in [0.25, 0.3) is 5.69 Å². The SMILES string of the molecule is O=S(=O)(NCc1ccccc1Cn1cccn1)c1cnn(-c2ccccc2)c1. The Morgan fingerprint density at radius 3 is 2.39 bits per heavy atom. The second kappa shape index (κ2) is 7.79. The summed E-state index contributed by atoms with van der Waals surface area (Å²) in [6, 6.07) is 18.9. The topological polar surface area (TPSA) is 81.8 Å². The highest BCUT2D eigenvalue weighted by molar-refractivity contribution is 7.89. The second-order valence-corrected chi connectivity index (χ2v) is 8.02. The Bertz CT molecular complexity index is 1150. The largest absolute Gasteiger partial charge is 0.268 e. The molecule has 0 aliphatic carbocycles. The Kier molecular flexibility index (Phi) is 5.05. The van der Waals surface area contributed by atoms with Gasteiger partial charge < -0.3 is 0 Å². The lowest BCUT2D eigenvalue weighted by Crippen LogP contribution is -2.23. The van der Waals surface area contributed by atoms with Crippen LogP contribution in [0.5, 0.6) is 0 Å². The van der Waals surface area contributed by atoms with E-state index in [9.17, 15) is 8.42 Å². The van der Waals surface area contributed by atoms with Gasteiger partial charge in [-0.2, -0.15) is 10.2 Å². The quantitative estimate of drug-likeness (QED) is 0.523. The molecule has 0 aliphatic rings. The van der Waals surface area contributed by atoms with Gasteiger partial charge in [-0.3, -0.25) is 4.68 Å². The van der Waals surface area contributed by atoms with Crippen molar-refractivity contribution in [1.29, 1.82) is 0 Å². The van der Waals surface area contributed by atoms with Gasteiger partial charge >= 0.3 is 0 Å². The number of nitrogens with one attached hydrogen (secondary N) is 1. The van der Waals surface area contributed by atoms with Crippen molar-refractivity contribution < 1.29 is 8.42 Å². The van der Waals surface area contributed by atoms with E-state index in [-0.39, 0.29) is 11.4 Å². The number of hydrogen-bond acceptors (Lipinski definition) is 4. The highest BCUT2D eigenvalue weighted by atomic mass is 32.2. The van der Waals surface area contributed by atoms with Crippen molar-refractivity contribution in [3.05, 3.63) is 96.6 Å². The van der Waals surface area contributed by atoms with Gasteiger partial charge in [0, 0.05) is 18.9 Å². The average molecular weight is 393 g/mol. The highest BCUT2D eigenvalue weighted by Crippen LogP contribution is 2.14. The zero-order valence-electron chi connectivity index (χ0n) is 15.0. The van der Waals surface area contributed by atoms with Crippen LogP contribution < -0.4 is 4.72 Å². The highest BCUT2D eigenvalue weighted by Gasteiger charge is 2.17. The van der Waals surface area contributed by atoms with E-state index >= 15 is 0 Å². The summed E-state index contributed by atoms with van der Waals surface area (Å²) in [4.78, 5) is 0.126.